The number of aldehydes is 1. The molecule has 0 aliphatic heterocycles. The van der Waals surface area contributed by atoms with Crippen LogP contribution in [0.2, 0.25) is 18.1 Å². The minimum Gasteiger partial charge on any atom is -0.546 e. The smallest absolute Gasteiger partial charge is 0.250 e. The second kappa shape index (κ2) is 4.12. The van der Waals surface area contributed by atoms with Gasteiger partial charge in [0.05, 0.1) is 5.76 Å². The number of carbonyl (C=O) groups is 1. The van der Waals surface area contributed by atoms with E-state index in [-0.39, 0.29) is 5.04 Å². The molecule has 0 saturated carbocycles. The molecule has 0 bridgehead atoms. The van der Waals surface area contributed by atoms with E-state index >= 15 is 0 Å². The summed E-state index contributed by atoms with van der Waals surface area (Å²) in [5.41, 5.74) is 0.889. The first-order chi connectivity index (χ1) is 6.78. The molecule has 0 atom stereocenters. The first kappa shape index (κ1) is 12.5. The molecule has 1 rings (SSSR count). The Labute approximate surface area is 93.8 Å². The molecule has 0 aromatic heterocycles. The SMILES string of the molecule is CC(C)(C)[Si](C)(C)OC1=C(C=O)CCC1. The van der Waals surface area contributed by atoms with Crippen molar-refractivity contribution in [1.29, 1.82) is 0 Å². The fourth-order valence-electron chi connectivity index (χ4n) is 1.44. The Morgan fingerprint density at radius 3 is 2.33 bits per heavy atom. The molecule has 2 nitrogen and oxygen atoms in total. The van der Waals surface area contributed by atoms with Gasteiger partial charge in [0.25, 0.3) is 0 Å². The van der Waals surface area contributed by atoms with Crippen LogP contribution in [0.4, 0.5) is 0 Å². The zero-order valence-electron chi connectivity index (χ0n) is 10.5. The van der Waals surface area contributed by atoms with Gasteiger partial charge in [0.1, 0.15) is 6.29 Å². The van der Waals surface area contributed by atoms with Crippen molar-refractivity contribution in [2.24, 2.45) is 0 Å². The molecule has 0 N–H and O–H groups in total. The summed E-state index contributed by atoms with van der Waals surface area (Å²) in [6.45, 7) is 11.1. The number of hydrogen-bond donors (Lipinski definition) is 0. The predicted octanol–water partition coefficient (Wildman–Crippen LogP) is 3.65. The van der Waals surface area contributed by atoms with E-state index in [0.29, 0.717) is 0 Å². The van der Waals surface area contributed by atoms with Gasteiger partial charge in [0.2, 0.25) is 8.32 Å². The van der Waals surface area contributed by atoms with Crippen molar-refractivity contribution in [2.75, 3.05) is 0 Å². The molecule has 0 aromatic carbocycles. The molecule has 0 radical (unpaired) electrons. The Kier molecular flexibility index (Phi) is 3.43. The second-order valence-corrected chi connectivity index (χ2v) is 10.5. The maximum absolute atomic E-state index is 10.8. The van der Waals surface area contributed by atoms with E-state index < -0.39 is 8.32 Å². The average molecular weight is 226 g/mol. The zero-order valence-corrected chi connectivity index (χ0v) is 11.5. The van der Waals surface area contributed by atoms with Crippen LogP contribution in [0.3, 0.4) is 0 Å². The van der Waals surface area contributed by atoms with Gasteiger partial charge in [0.15, 0.2) is 0 Å². The van der Waals surface area contributed by atoms with Crippen molar-refractivity contribution in [1.82, 2.24) is 0 Å². The Hall–Kier alpha value is -0.573. The van der Waals surface area contributed by atoms with Gasteiger partial charge in [-0.25, -0.2) is 0 Å². The van der Waals surface area contributed by atoms with Crippen molar-refractivity contribution >= 4 is 14.6 Å². The molecule has 15 heavy (non-hydrogen) atoms. The molecule has 0 spiro atoms. The highest BCUT2D eigenvalue weighted by molar-refractivity contribution is 6.74. The molecule has 0 unspecified atom stereocenters. The van der Waals surface area contributed by atoms with Crippen LogP contribution >= 0.6 is 0 Å². The molecule has 0 amide bonds. The maximum Gasteiger partial charge on any atom is 0.250 e. The fraction of sp³-hybridized carbons (Fsp3) is 0.750. The third-order valence-corrected chi connectivity index (χ3v) is 7.90. The van der Waals surface area contributed by atoms with Gasteiger partial charge in [-0.2, -0.15) is 0 Å². The normalized spacial score (nSPS) is 18.2. The van der Waals surface area contributed by atoms with Crippen molar-refractivity contribution in [2.45, 2.75) is 58.2 Å². The number of rotatable bonds is 3. The van der Waals surface area contributed by atoms with Gasteiger partial charge in [0, 0.05) is 12.0 Å². The fourth-order valence-corrected chi connectivity index (χ4v) is 2.60. The van der Waals surface area contributed by atoms with Gasteiger partial charge in [-0.05, 0) is 31.0 Å². The molecule has 86 valence electrons. The van der Waals surface area contributed by atoms with Crippen LogP contribution in [0.25, 0.3) is 0 Å². The van der Waals surface area contributed by atoms with E-state index in [4.69, 9.17) is 4.43 Å². The quantitative estimate of drug-likeness (QED) is 0.542. The largest absolute Gasteiger partial charge is 0.546 e. The van der Waals surface area contributed by atoms with Crippen molar-refractivity contribution in [3.63, 3.8) is 0 Å². The Morgan fingerprint density at radius 2 is 1.87 bits per heavy atom. The van der Waals surface area contributed by atoms with Gasteiger partial charge < -0.3 is 4.43 Å². The molecule has 0 saturated heterocycles. The van der Waals surface area contributed by atoms with E-state index in [2.05, 4.69) is 33.9 Å². The van der Waals surface area contributed by atoms with Gasteiger partial charge >= 0.3 is 0 Å². The summed E-state index contributed by atoms with van der Waals surface area (Å²) in [4.78, 5) is 10.8. The van der Waals surface area contributed by atoms with Crippen molar-refractivity contribution in [3.8, 4) is 0 Å². The standard InChI is InChI=1S/C12H22O2Si/c1-12(2,3)15(4,5)14-11-8-6-7-10(11)9-13/h9H,6-8H2,1-5H3. The lowest BCUT2D eigenvalue weighted by Crippen LogP contribution is -2.40. The summed E-state index contributed by atoms with van der Waals surface area (Å²) in [6, 6.07) is 0. The van der Waals surface area contributed by atoms with E-state index in [1.807, 2.05) is 0 Å². The number of allylic oxidation sites excluding steroid dienone is 2. The maximum atomic E-state index is 10.8. The summed E-state index contributed by atoms with van der Waals surface area (Å²) in [6.07, 6.45) is 3.88. The minimum atomic E-state index is -1.74. The highest BCUT2D eigenvalue weighted by atomic mass is 28.4. The molecule has 1 aliphatic rings. The van der Waals surface area contributed by atoms with Crippen LogP contribution in [-0.4, -0.2) is 14.6 Å². The van der Waals surface area contributed by atoms with Gasteiger partial charge in [-0.15, -0.1) is 0 Å². The summed E-state index contributed by atoms with van der Waals surface area (Å²) < 4.78 is 6.15. The highest BCUT2D eigenvalue weighted by Crippen LogP contribution is 2.40. The van der Waals surface area contributed by atoms with Crippen LogP contribution in [-0.2, 0) is 9.22 Å². The summed E-state index contributed by atoms with van der Waals surface area (Å²) in [5.74, 6) is 0.969. The van der Waals surface area contributed by atoms with Crippen molar-refractivity contribution < 1.29 is 9.22 Å². The number of carbonyl (C=O) groups excluding carboxylic acids is 1. The van der Waals surface area contributed by atoms with E-state index in [1.165, 1.54) is 0 Å². The summed E-state index contributed by atoms with van der Waals surface area (Å²) >= 11 is 0. The van der Waals surface area contributed by atoms with Gasteiger partial charge in [-0.1, -0.05) is 20.8 Å². The minimum absolute atomic E-state index is 0.205. The molecule has 0 fully saturated rings. The van der Waals surface area contributed by atoms with E-state index in [9.17, 15) is 4.79 Å². The Balaban J connectivity index is 2.82. The third-order valence-electron chi connectivity index (χ3n) is 3.53. The first-order valence-corrected chi connectivity index (χ1v) is 8.55. The molecule has 1 aliphatic carbocycles. The summed E-state index contributed by atoms with van der Waals surface area (Å²) in [5, 5.41) is 0.205. The molecule has 0 heterocycles. The van der Waals surface area contributed by atoms with E-state index in [1.54, 1.807) is 0 Å². The lowest BCUT2D eigenvalue weighted by Gasteiger charge is -2.37. The first-order valence-electron chi connectivity index (χ1n) is 5.64. The lowest BCUT2D eigenvalue weighted by molar-refractivity contribution is -0.105. The van der Waals surface area contributed by atoms with Gasteiger partial charge in [-0.3, -0.25) is 4.79 Å². The number of hydrogen-bond acceptors (Lipinski definition) is 2. The van der Waals surface area contributed by atoms with Crippen LogP contribution in [0.15, 0.2) is 11.3 Å². The van der Waals surface area contributed by atoms with Crippen LogP contribution in [0, 0.1) is 0 Å². The lowest BCUT2D eigenvalue weighted by atomic mass is 10.2. The zero-order chi connectivity index (χ0) is 11.7. The topological polar surface area (TPSA) is 26.3 Å². The third kappa shape index (κ3) is 2.71. The monoisotopic (exact) mass is 226 g/mol. The molecular weight excluding hydrogens is 204 g/mol. The van der Waals surface area contributed by atoms with Crippen molar-refractivity contribution in [3.05, 3.63) is 11.3 Å². The molecular formula is C12H22O2Si. The van der Waals surface area contributed by atoms with Crippen LogP contribution in [0.1, 0.15) is 40.0 Å². The summed E-state index contributed by atoms with van der Waals surface area (Å²) in [7, 11) is -1.74. The molecule has 3 heteroatoms. The second-order valence-electron chi connectivity index (χ2n) is 5.78. The van der Waals surface area contributed by atoms with Crippen LogP contribution < -0.4 is 0 Å². The Morgan fingerprint density at radius 1 is 1.27 bits per heavy atom. The predicted molar refractivity (Wildman–Crippen MR) is 65.2 cm³/mol. The Bertz CT molecular complexity index is 284. The van der Waals surface area contributed by atoms with Crippen LogP contribution in [0.5, 0.6) is 0 Å². The highest BCUT2D eigenvalue weighted by Gasteiger charge is 2.40. The average Bonchev–Trinajstić information content (AvgIpc) is 2.48. The van der Waals surface area contributed by atoms with E-state index in [0.717, 1.165) is 36.9 Å². The molecule has 0 aromatic rings.